The Morgan fingerprint density at radius 3 is 2.88 bits per heavy atom. The molecule has 0 spiro atoms. The minimum absolute atomic E-state index is 0.0947. The van der Waals surface area contributed by atoms with Crippen molar-refractivity contribution in [3.63, 3.8) is 0 Å². The molecular weight excluding hydrogens is 229 g/mol. The van der Waals surface area contributed by atoms with Crippen LogP contribution >= 0.6 is 11.6 Å². The van der Waals surface area contributed by atoms with Crippen LogP contribution in [0.2, 0.25) is 5.02 Å². The van der Waals surface area contributed by atoms with Gasteiger partial charge in [-0.3, -0.25) is 4.79 Å². The predicted molar refractivity (Wildman–Crippen MR) is 60.3 cm³/mol. The van der Waals surface area contributed by atoms with Crippen molar-refractivity contribution in [3.05, 3.63) is 58.6 Å². The minimum Gasteiger partial charge on any atom is -0.341 e. The van der Waals surface area contributed by atoms with E-state index in [0.717, 1.165) is 6.29 Å². The number of nitrogens with zero attached hydrogens (tertiary/aromatic N) is 1. The topological polar surface area (TPSA) is 22.0 Å². The van der Waals surface area contributed by atoms with Crippen LogP contribution in [0.15, 0.2) is 36.5 Å². The molecule has 0 amide bonds. The fourth-order valence-corrected chi connectivity index (χ4v) is 1.73. The number of rotatable bonds is 3. The zero-order valence-corrected chi connectivity index (χ0v) is 9.12. The summed E-state index contributed by atoms with van der Waals surface area (Å²) in [5.41, 5.74) is 0.978. The Labute approximate surface area is 97.3 Å². The minimum atomic E-state index is -0.435. The first-order valence-corrected chi connectivity index (χ1v) is 5.13. The van der Waals surface area contributed by atoms with E-state index in [9.17, 15) is 9.18 Å². The monoisotopic (exact) mass is 237 g/mol. The lowest BCUT2D eigenvalue weighted by Crippen LogP contribution is -2.04. The van der Waals surface area contributed by atoms with E-state index < -0.39 is 5.82 Å². The molecule has 0 saturated heterocycles. The molecule has 0 fully saturated rings. The van der Waals surface area contributed by atoms with E-state index in [2.05, 4.69) is 0 Å². The number of hydrogen-bond donors (Lipinski definition) is 0. The third-order valence-electron chi connectivity index (χ3n) is 2.36. The van der Waals surface area contributed by atoms with Gasteiger partial charge in [-0.2, -0.15) is 0 Å². The summed E-state index contributed by atoms with van der Waals surface area (Å²) in [7, 11) is 0. The van der Waals surface area contributed by atoms with E-state index in [0.29, 0.717) is 17.8 Å². The summed E-state index contributed by atoms with van der Waals surface area (Å²) in [6, 6.07) is 8.25. The van der Waals surface area contributed by atoms with Gasteiger partial charge in [-0.25, -0.2) is 4.39 Å². The Morgan fingerprint density at radius 1 is 1.31 bits per heavy atom. The van der Waals surface area contributed by atoms with Gasteiger partial charge in [0.05, 0.1) is 17.3 Å². The van der Waals surface area contributed by atoms with E-state index in [1.807, 2.05) is 0 Å². The maximum absolute atomic E-state index is 13.6. The molecule has 2 aromatic rings. The van der Waals surface area contributed by atoms with E-state index in [1.165, 1.54) is 6.07 Å². The second-order valence-corrected chi connectivity index (χ2v) is 3.80. The molecule has 1 heterocycles. The van der Waals surface area contributed by atoms with Crippen molar-refractivity contribution in [2.24, 2.45) is 0 Å². The Kier molecular flexibility index (Phi) is 3.06. The van der Waals surface area contributed by atoms with Crippen LogP contribution in [0.1, 0.15) is 16.1 Å². The molecule has 1 aromatic carbocycles. The third-order valence-corrected chi connectivity index (χ3v) is 2.65. The third kappa shape index (κ3) is 1.99. The van der Waals surface area contributed by atoms with Crippen LogP contribution in [0, 0.1) is 5.82 Å². The number of hydrogen-bond acceptors (Lipinski definition) is 1. The maximum atomic E-state index is 13.6. The van der Waals surface area contributed by atoms with Crippen LogP contribution in [0.4, 0.5) is 4.39 Å². The van der Waals surface area contributed by atoms with Crippen molar-refractivity contribution < 1.29 is 9.18 Å². The van der Waals surface area contributed by atoms with E-state index in [-0.39, 0.29) is 5.02 Å². The molecule has 0 aliphatic heterocycles. The van der Waals surface area contributed by atoms with Gasteiger partial charge >= 0.3 is 0 Å². The molecule has 2 nitrogen and oxygen atoms in total. The van der Waals surface area contributed by atoms with Gasteiger partial charge in [-0.05, 0) is 18.2 Å². The molecule has 0 atom stereocenters. The predicted octanol–water partition coefficient (Wildman–Crippen LogP) is 3.14. The first-order chi connectivity index (χ1) is 7.72. The van der Waals surface area contributed by atoms with Crippen molar-refractivity contribution in [3.8, 4) is 0 Å². The number of carbonyl (C=O) groups is 1. The van der Waals surface area contributed by atoms with Gasteiger partial charge in [0.1, 0.15) is 5.82 Å². The average Bonchev–Trinajstić information content (AvgIpc) is 2.72. The van der Waals surface area contributed by atoms with Crippen molar-refractivity contribution >= 4 is 17.9 Å². The molecule has 0 N–H and O–H groups in total. The molecule has 2 rings (SSSR count). The summed E-state index contributed by atoms with van der Waals surface area (Å²) in [5.74, 6) is -0.435. The molecule has 0 saturated carbocycles. The normalized spacial score (nSPS) is 10.4. The molecule has 0 aliphatic rings. The first-order valence-electron chi connectivity index (χ1n) is 4.75. The van der Waals surface area contributed by atoms with E-state index in [4.69, 9.17) is 11.6 Å². The standard InChI is InChI=1S/C12H9ClFNO/c13-11-5-1-3-9(12(11)14)7-15-6-2-4-10(15)8-16/h1-6,8H,7H2. The number of benzene rings is 1. The Bertz CT molecular complexity index is 521. The largest absolute Gasteiger partial charge is 0.341 e. The molecule has 0 unspecified atom stereocenters. The first kappa shape index (κ1) is 10.9. The van der Waals surface area contributed by atoms with Gasteiger partial charge in [0.25, 0.3) is 0 Å². The quantitative estimate of drug-likeness (QED) is 0.752. The van der Waals surface area contributed by atoms with Crippen LogP contribution in [0.5, 0.6) is 0 Å². The van der Waals surface area contributed by atoms with Crippen molar-refractivity contribution in [1.29, 1.82) is 0 Å². The highest BCUT2D eigenvalue weighted by molar-refractivity contribution is 6.30. The summed E-state index contributed by atoms with van der Waals surface area (Å²) in [6.07, 6.45) is 2.46. The lowest BCUT2D eigenvalue weighted by Gasteiger charge is -2.07. The second-order valence-electron chi connectivity index (χ2n) is 3.39. The molecule has 4 heteroatoms. The lowest BCUT2D eigenvalue weighted by molar-refractivity contribution is 0.111. The molecular formula is C12H9ClFNO. The van der Waals surface area contributed by atoms with Crippen LogP contribution in [-0.4, -0.2) is 10.9 Å². The Hall–Kier alpha value is -1.61. The lowest BCUT2D eigenvalue weighted by atomic mass is 10.2. The molecule has 0 bridgehead atoms. The summed E-state index contributed by atoms with van der Waals surface area (Å²) in [6.45, 7) is 0.299. The van der Waals surface area contributed by atoms with Crippen LogP contribution < -0.4 is 0 Å². The summed E-state index contributed by atoms with van der Waals surface area (Å²) in [4.78, 5) is 10.7. The SMILES string of the molecule is O=Cc1cccn1Cc1cccc(Cl)c1F. The number of aromatic nitrogens is 1. The van der Waals surface area contributed by atoms with Gasteiger partial charge in [0.2, 0.25) is 0 Å². The number of aldehydes is 1. The zero-order chi connectivity index (χ0) is 11.5. The smallest absolute Gasteiger partial charge is 0.166 e. The van der Waals surface area contributed by atoms with Gasteiger partial charge < -0.3 is 4.57 Å². The average molecular weight is 238 g/mol. The van der Waals surface area contributed by atoms with Crippen molar-refractivity contribution in [2.45, 2.75) is 6.54 Å². The maximum Gasteiger partial charge on any atom is 0.166 e. The van der Waals surface area contributed by atoms with Crippen molar-refractivity contribution in [2.75, 3.05) is 0 Å². The fourth-order valence-electron chi connectivity index (χ4n) is 1.53. The Balaban J connectivity index is 2.34. The highest BCUT2D eigenvalue weighted by Gasteiger charge is 2.07. The summed E-state index contributed by atoms with van der Waals surface area (Å²) < 4.78 is 15.3. The van der Waals surface area contributed by atoms with E-state index in [1.54, 1.807) is 35.0 Å². The Morgan fingerprint density at radius 2 is 2.12 bits per heavy atom. The highest BCUT2D eigenvalue weighted by atomic mass is 35.5. The fraction of sp³-hybridized carbons (Fsp3) is 0.0833. The van der Waals surface area contributed by atoms with Gasteiger partial charge in [-0.15, -0.1) is 0 Å². The summed E-state index contributed by atoms with van der Waals surface area (Å²) >= 11 is 5.67. The van der Waals surface area contributed by atoms with Gasteiger partial charge in [-0.1, -0.05) is 23.7 Å². The van der Waals surface area contributed by atoms with E-state index >= 15 is 0 Å². The number of carbonyl (C=O) groups excluding carboxylic acids is 1. The molecule has 1 aromatic heterocycles. The van der Waals surface area contributed by atoms with Gasteiger partial charge in [0.15, 0.2) is 6.29 Å². The molecule has 16 heavy (non-hydrogen) atoms. The van der Waals surface area contributed by atoms with Crippen molar-refractivity contribution in [1.82, 2.24) is 4.57 Å². The van der Waals surface area contributed by atoms with Crippen LogP contribution in [0.25, 0.3) is 0 Å². The summed E-state index contributed by atoms with van der Waals surface area (Å²) in [5, 5.41) is 0.0947. The van der Waals surface area contributed by atoms with Gasteiger partial charge in [0, 0.05) is 11.8 Å². The van der Waals surface area contributed by atoms with Crippen LogP contribution in [-0.2, 0) is 6.54 Å². The number of halogens is 2. The molecule has 0 radical (unpaired) electrons. The molecule has 82 valence electrons. The highest BCUT2D eigenvalue weighted by Crippen LogP contribution is 2.19. The van der Waals surface area contributed by atoms with Crippen LogP contribution in [0.3, 0.4) is 0 Å². The zero-order valence-electron chi connectivity index (χ0n) is 8.36. The molecule has 0 aliphatic carbocycles. The second kappa shape index (κ2) is 4.49.